The molecule has 2 unspecified atom stereocenters. The third kappa shape index (κ3) is 3.53. The van der Waals surface area contributed by atoms with Crippen LogP contribution < -0.4 is 5.32 Å². The molecule has 0 spiro atoms. The quantitative estimate of drug-likeness (QED) is 0.826. The Bertz CT molecular complexity index is 339. The van der Waals surface area contributed by atoms with Crippen LogP contribution in [0.2, 0.25) is 0 Å². The first-order chi connectivity index (χ1) is 9.83. The molecule has 2 aliphatic carbocycles. The number of aliphatic hydroxyl groups excluding tert-OH is 1. The van der Waals surface area contributed by atoms with E-state index >= 15 is 0 Å². The Balaban J connectivity index is 1.67. The molecule has 0 saturated heterocycles. The van der Waals surface area contributed by atoms with Gasteiger partial charge in [0.1, 0.15) is 5.84 Å². The average Bonchev–Trinajstić information content (AvgIpc) is 2.99. The van der Waals surface area contributed by atoms with Gasteiger partial charge < -0.3 is 10.4 Å². The number of amidine groups is 1. The van der Waals surface area contributed by atoms with Gasteiger partial charge in [-0.15, -0.1) is 0 Å². The molecule has 1 heterocycles. The molecule has 3 rings (SSSR count). The summed E-state index contributed by atoms with van der Waals surface area (Å²) in [5.74, 6) is 1.18. The van der Waals surface area contributed by atoms with Crippen molar-refractivity contribution < 1.29 is 5.11 Å². The third-order valence-corrected chi connectivity index (χ3v) is 5.21. The minimum atomic E-state index is -0.0849. The number of rotatable bonds is 4. The summed E-state index contributed by atoms with van der Waals surface area (Å²) >= 11 is 0. The predicted molar refractivity (Wildman–Crippen MR) is 82.1 cm³/mol. The number of aliphatic hydroxyl groups is 1. The molecule has 0 amide bonds. The van der Waals surface area contributed by atoms with Gasteiger partial charge in [-0.3, -0.25) is 9.89 Å². The van der Waals surface area contributed by atoms with Crippen molar-refractivity contribution in [2.75, 3.05) is 19.6 Å². The van der Waals surface area contributed by atoms with Gasteiger partial charge in [-0.1, -0.05) is 19.3 Å². The lowest BCUT2D eigenvalue weighted by atomic mass is 9.87. The van der Waals surface area contributed by atoms with Crippen LogP contribution in [0.15, 0.2) is 4.99 Å². The SMILES string of the molecule is OC1CCCC(N(CC2=NCCN2)C2CCCCC2)C1. The topological polar surface area (TPSA) is 47.9 Å². The number of nitrogens with one attached hydrogen (secondary N) is 1. The summed E-state index contributed by atoms with van der Waals surface area (Å²) in [5.41, 5.74) is 0. The molecule has 4 heteroatoms. The smallest absolute Gasteiger partial charge is 0.111 e. The molecule has 0 aromatic heterocycles. The van der Waals surface area contributed by atoms with Gasteiger partial charge in [0.2, 0.25) is 0 Å². The lowest BCUT2D eigenvalue weighted by Gasteiger charge is -2.42. The average molecular weight is 279 g/mol. The number of hydrogen-bond donors (Lipinski definition) is 2. The standard InChI is InChI=1S/C16H29N3O/c20-15-8-4-7-14(11-15)19(12-16-17-9-10-18-16)13-5-2-1-3-6-13/h13-15,20H,1-12H2,(H,17,18). The van der Waals surface area contributed by atoms with E-state index in [4.69, 9.17) is 0 Å². The Morgan fingerprint density at radius 3 is 2.55 bits per heavy atom. The number of hydrogen-bond acceptors (Lipinski definition) is 4. The van der Waals surface area contributed by atoms with E-state index < -0.39 is 0 Å². The Morgan fingerprint density at radius 1 is 1.05 bits per heavy atom. The maximum atomic E-state index is 10.0. The molecule has 3 aliphatic rings. The minimum absolute atomic E-state index is 0.0849. The van der Waals surface area contributed by atoms with Crippen molar-refractivity contribution in [3.63, 3.8) is 0 Å². The van der Waals surface area contributed by atoms with Crippen molar-refractivity contribution in [1.29, 1.82) is 0 Å². The summed E-state index contributed by atoms with van der Waals surface area (Å²) in [4.78, 5) is 7.26. The normalized spacial score (nSPS) is 32.2. The highest BCUT2D eigenvalue weighted by molar-refractivity contribution is 5.85. The monoisotopic (exact) mass is 279 g/mol. The second-order valence-electron chi connectivity index (χ2n) is 6.69. The summed E-state index contributed by atoms with van der Waals surface area (Å²) in [6, 6.07) is 1.27. The summed E-state index contributed by atoms with van der Waals surface area (Å²) in [5, 5.41) is 13.4. The van der Waals surface area contributed by atoms with Crippen LogP contribution in [0.4, 0.5) is 0 Å². The van der Waals surface area contributed by atoms with Crippen molar-refractivity contribution in [1.82, 2.24) is 10.2 Å². The fraction of sp³-hybridized carbons (Fsp3) is 0.938. The molecule has 2 fully saturated rings. The first kappa shape index (κ1) is 14.3. The van der Waals surface area contributed by atoms with E-state index in [0.29, 0.717) is 12.1 Å². The van der Waals surface area contributed by atoms with Gasteiger partial charge >= 0.3 is 0 Å². The van der Waals surface area contributed by atoms with Crippen molar-refractivity contribution in [2.24, 2.45) is 4.99 Å². The number of nitrogens with zero attached hydrogens (tertiary/aromatic N) is 2. The molecule has 0 aromatic carbocycles. The zero-order chi connectivity index (χ0) is 13.8. The van der Waals surface area contributed by atoms with Crippen LogP contribution in [0.3, 0.4) is 0 Å². The van der Waals surface area contributed by atoms with E-state index in [1.807, 2.05) is 0 Å². The predicted octanol–water partition coefficient (Wildman–Crippen LogP) is 1.93. The van der Waals surface area contributed by atoms with Crippen molar-refractivity contribution in [3.05, 3.63) is 0 Å². The van der Waals surface area contributed by atoms with Crippen LogP contribution >= 0.6 is 0 Å². The molecule has 0 radical (unpaired) electrons. The van der Waals surface area contributed by atoms with Gasteiger partial charge in [0, 0.05) is 18.6 Å². The molecule has 20 heavy (non-hydrogen) atoms. The molecule has 2 atom stereocenters. The second-order valence-corrected chi connectivity index (χ2v) is 6.69. The van der Waals surface area contributed by atoms with Gasteiger partial charge in [-0.05, 0) is 38.5 Å². The van der Waals surface area contributed by atoms with Crippen LogP contribution in [-0.2, 0) is 0 Å². The molecule has 2 saturated carbocycles. The van der Waals surface area contributed by atoms with E-state index in [-0.39, 0.29) is 6.10 Å². The highest BCUT2D eigenvalue weighted by Crippen LogP contribution is 2.30. The fourth-order valence-corrected chi connectivity index (χ4v) is 4.13. The van der Waals surface area contributed by atoms with Crippen molar-refractivity contribution in [3.8, 4) is 0 Å². The molecule has 4 nitrogen and oxygen atoms in total. The first-order valence-electron chi connectivity index (χ1n) is 8.54. The van der Waals surface area contributed by atoms with E-state index in [9.17, 15) is 5.11 Å². The third-order valence-electron chi connectivity index (χ3n) is 5.21. The Labute approximate surface area is 122 Å². The molecule has 0 bridgehead atoms. The van der Waals surface area contributed by atoms with E-state index in [0.717, 1.165) is 32.5 Å². The van der Waals surface area contributed by atoms with Crippen LogP contribution in [0.25, 0.3) is 0 Å². The highest BCUT2D eigenvalue weighted by Gasteiger charge is 2.32. The van der Waals surface area contributed by atoms with Gasteiger partial charge in [-0.2, -0.15) is 0 Å². The van der Waals surface area contributed by atoms with Crippen molar-refractivity contribution >= 4 is 5.84 Å². The summed E-state index contributed by atoms with van der Waals surface area (Å²) in [6.45, 7) is 2.91. The minimum Gasteiger partial charge on any atom is -0.393 e. The van der Waals surface area contributed by atoms with E-state index in [1.54, 1.807) is 0 Å². The lowest BCUT2D eigenvalue weighted by Crippen LogP contribution is -2.50. The highest BCUT2D eigenvalue weighted by atomic mass is 16.3. The maximum Gasteiger partial charge on any atom is 0.111 e. The van der Waals surface area contributed by atoms with E-state index in [1.165, 1.54) is 50.8 Å². The van der Waals surface area contributed by atoms with Crippen LogP contribution in [0.5, 0.6) is 0 Å². The molecule has 2 N–H and O–H groups in total. The molecule has 1 aliphatic heterocycles. The number of aliphatic imine (C=N–C) groups is 1. The van der Waals surface area contributed by atoms with Gasteiger partial charge in [0.25, 0.3) is 0 Å². The molecule has 0 aromatic rings. The molecule has 114 valence electrons. The maximum absolute atomic E-state index is 10.0. The summed E-state index contributed by atoms with van der Waals surface area (Å²) < 4.78 is 0. The van der Waals surface area contributed by atoms with Crippen LogP contribution in [0.1, 0.15) is 57.8 Å². The van der Waals surface area contributed by atoms with Crippen LogP contribution in [-0.4, -0.2) is 53.7 Å². The Morgan fingerprint density at radius 2 is 1.85 bits per heavy atom. The molecular formula is C16H29N3O. The molecular weight excluding hydrogens is 250 g/mol. The zero-order valence-electron chi connectivity index (χ0n) is 12.6. The lowest BCUT2D eigenvalue weighted by molar-refractivity contribution is 0.0390. The fourth-order valence-electron chi connectivity index (χ4n) is 4.13. The van der Waals surface area contributed by atoms with Crippen LogP contribution in [0, 0.1) is 0 Å². The van der Waals surface area contributed by atoms with Gasteiger partial charge in [0.15, 0.2) is 0 Å². The first-order valence-corrected chi connectivity index (χ1v) is 8.54. The second kappa shape index (κ2) is 6.90. The largest absolute Gasteiger partial charge is 0.393 e. The Hall–Kier alpha value is -0.610. The van der Waals surface area contributed by atoms with Crippen molar-refractivity contribution in [2.45, 2.75) is 76.0 Å². The summed E-state index contributed by atoms with van der Waals surface area (Å²) in [7, 11) is 0. The van der Waals surface area contributed by atoms with E-state index in [2.05, 4.69) is 15.2 Å². The Kier molecular flexibility index (Phi) is 4.94. The van der Waals surface area contributed by atoms with Gasteiger partial charge in [-0.25, -0.2) is 0 Å². The summed E-state index contributed by atoms with van der Waals surface area (Å²) in [6.07, 6.45) is 11.1. The van der Waals surface area contributed by atoms with Gasteiger partial charge in [0.05, 0.1) is 19.2 Å². The zero-order valence-corrected chi connectivity index (χ0v) is 12.6.